The van der Waals surface area contributed by atoms with Crippen molar-refractivity contribution in [2.75, 3.05) is 6.54 Å². The second-order valence-electron chi connectivity index (χ2n) is 4.76. The van der Waals surface area contributed by atoms with Gasteiger partial charge in [-0.3, -0.25) is 14.9 Å². The van der Waals surface area contributed by atoms with Crippen molar-refractivity contribution in [3.8, 4) is 0 Å². The van der Waals surface area contributed by atoms with Crippen LogP contribution in [0.25, 0.3) is 0 Å². The predicted octanol–water partition coefficient (Wildman–Crippen LogP) is 0.521. The van der Waals surface area contributed by atoms with Crippen LogP contribution in [0.4, 0.5) is 10.1 Å². The average molecular weight is 317 g/mol. The fraction of sp³-hybridized carbons (Fsp3) is 0.364. The second-order valence-corrected chi connectivity index (χ2v) is 6.29. The maximum absolute atomic E-state index is 13.8. The van der Waals surface area contributed by atoms with E-state index < -0.39 is 37.3 Å². The maximum atomic E-state index is 13.8. The van der Waals surface area contributed by atoms with Crippen LogP contribution in [0.15, 0.2) is 17.0 Å². The SMILES string of the molecule is NS(=O)(=O)c1cc(C(=O)NCC2CC2)cc([N+](=O)[O-])c1F. The van der Waals surface area contributed by atoms with E-state index in [1.807, 2.05) is 0 Å². The lowest BCUT2D eigenvalue weighted by atomic mass is 10.1. The minimum atomic E-state index is -4.52. The van der Waals surface area contributed by atoms with Crippen molar-refractivity contribution in [2.45, 2.75) is 17.7 Å². The Bertz CT molecular complexity index is 715. The number of amides is 1. The number of hydrogen-bond donors (Lipinski definition) is 2. The number of hydrogen-bond acceptors (Lipinski definition) is 5. The van der Waals surface area contributed by atoms with Crippen molar-refractivity contribution in [1.82, 2.24) is 5.32 Å². The van der Waals surface area contributed by atoms with Crippen LogP contribution in [0.1, 0.15) is 23.2 Å². The molecule has 8 nitrogen and oxygen atoms in total. The van der Waals surface area contributed by atoms with Gasteiger partial charge in [-0.1, -0.05) is 0 Å². The van der Waals surface area contributed by atoms with E-state index in [4.69, 9.17) is 5.14 Å². The van der Waals surface area contributed by atoms with Crippen LogP contribution >= 0.6 is 0 Å². The molecule has 1 amide bonds. The molecule has 0 unspecified atom stereocenters. The number of halogens is 1. The molecule has 3 N–H and O–H groups in total. The number of sulfonamides is 1. The Morgan fingerprint density at radius 2 is 2.10 bits per heavy atom. The molecule has 0 aromatic heterocycles. The Morgan fingerprint density at radius 3 is 2.57 bits per heavy atom. The highest BCUT2D eigenvalue weighted by molar-refractivity contribution is 7.89. The van der Waals surface area contributed by atoms with Crippen LogP contribution in [-0.2, 0) is 10.0 Å². The van der Waals surface area contributed by atoms with E-state index in [0.29, 0.717) is 24.6 Å². The fourth-order valence-electron chi connectivity index (χ4n) is 1.72. The largest absolute Gasteiger partial charge is 0.352 e. The summed E-state index contributed by atoms with van der Waals surface area (Å²) in [6.45, 7) is 0.384. The molecule has 1 fully saturated rings. The molecule has 0 atom stereocenters. The van der Waals surface area contributed by atoms with Gasteiger partial charge in [0, 0.05) is 18.2 Å². The highest BCUT2D eigenvalue weighted by Gasteiger charge is 2.28. The summed E-state index contributed by atoms with van der Waals surface area (Å²) in [7, 11) is -4.52. The molecule has 0 aliphatic heterocycles. The van der Waals surface area contributed by atoms with Gasteiger partial charge in [0.25, 0.3) is 5.91 Å². The number of nitrogens with one attached hydrogen (secondary N) is 1. The molecule has 1 aliphatic rings. The predicted molar refractivity (Wildman–Crippen MR) is 69.5 cm³/mol. The number of carbonyl (C=O) groups is 1. The summed E-state index contributed by atoms with van der Waals surface area (Å²) in [6.07, 6.45) is 1.96. The molecule has 0 saturated heterocycles. The standard InChI is InChI=1S/C11H12FN3O5S/c12-10-8(15(17)18)3-7(4-9(10)21(13,19)20)11(16)14-5-6-1-2-6/h3-4,6H,1-2,5H2,(H,14,16)(H2,13,19,20). The fourth-order valence-corrected chi connectivity index (χ4v) is 2.36. The van der Waals surface area contributed by atoms with Gasteiger partial charge in [-0.15, -0.1) is 0 Å². The lowest BCUT2D eigenvalue weighted by Crippen LogP contribution is -2.26. The van der Waals surface area contributed by atoms with E-state index in [1.165, 1.54) is 0 Å². The van der Waals surface area contributed by atoms with E-state index in [1.54, 1.807) is 0 Å². The van der Waals surface area contributed by atoms with Gasteiger partial charge in [0.15, 0.2) is 0 Å². The zero-order valence-electron chi connectivity index (χ0n) is 10.7. The van der Waals surface area contributed by atoms with Crippen molar-refractivity contribution in [3.05, 3.63) is 33.6 Å². The molecule has 10 heteroatoms. The van der Waals surface area contributed by atoms with Crippen LogP contribution in [0.3, 0.4) is 0 Å². The Hall–Kier alpha value is -2.07. The van der Waals surface area contributed by atoms with E-state index in [9.17, 15) is 27.7 Å². The molecule has 1 aromatic rings. The van der Waals surface area contributed by atoms with Gasteiger partial charge >= 0.3 is 5.69 Å². The highest BCUT2D eigenvalue weighted by Crippen LogP contribution is 2.28. The second kappa shape index (κ2) is 5.37. The molecule has 0 bridgehead atoms. The molecule has 1 saturated carbocycles. The molecular formula is C11H12FN3O5S. The van der Waals surface area contributed by atoms with Crippen LogP contribution < -0.4 is 10.5 Å². The van der Waals surface area contributed by atoms with Gasteiger partial charge in [0.05, 0.1) is 4.92 Å². The summed E-state index contributed by atoms with van der Waals surface area (Å²) in [5, 5.41) is 18.1. The van der Waals surface area contributed by atoms with E-state index in [-0.39, 0.29) is 5.56 Å². The number of nitro benzene ring substituents is 1. The van der Waals surface area contributed by atoms with Gasteiger partial charge in [0.1, 0.15) is 4.90 Å². The zero-order chi connectivity index (χ0) is 15.8. The third-order valence-electron chi connectivity index (χ3n) is 3.03. The van der Waals surface area contributed by atoms with Gasteiger partial charge in [0.2, 0.25) is 15.8 Å². The van der Waals surface area contributed by atoms with Crippen molar-refractivity contribution in [1.29, 1.82) is 0 Å². The Kier molecular flexibility index (Phi) is 3.92. The quantitative estimate of drug-likeness (QED) is 0.603. The van der Waals surface area contributed by atoms with Crippen molar-refractivity contribution >= 4 is 21.6 Å². The van der Waals surface area contributed by atoms with E-state index in [0.717, 1.165) is 12.8 Å². The maximum Gasteiger partial charge on any atom is 0.307 e. The van der Waals surface area contributed by atoms with Crippen molar-refractivity contribution in [3.63, 3.8) is 0 Å². The molecule has 0 spiro atoms. The summed E-state index contributed by atoms with van der Waals surface area (Å²) >= 11 is 0. The number of nitrogens with zero attached hydrogens (tertiary/aromatic N) is 1. The Balaban J connectivity index is 2.43. The summed E-state index contributed by atoms with van der Waals surface area (Å²) in [5.74, 6) is -1.93. The molecule has 114 valence electrons. The topological polar surface area (TPSA) is 132 Å². The first kappa shape index (κ1) is 15.3. The lowest BCUT2D eigenvalue weighted by molar-refractivity contribution is -0.387. The van der Waals surface area contributed by atoms with E-state index in [2.05, 4.69) is 5.32 Å². The molecule has 2 rings (SSSR count). The number of primary sulfonamides is 1. The molecule has 0 heterocycles. The summed E-state index contributed by atoms with van der Waals surface area (Å²) < 4.78 is 36.3. The lowest BCUT2D eigenvalue weighted by Gasteiger charge is -2.07. The number of nitro groups is 1. The minimum absolute atomic E-state index is 0.326. The zero-order valence-corrected chi connectivity index (χ0v) is 11.5. The monoisotopic (exact) mass is 317 g/mol. The van der Waals surface area contributed by atoms with Crippen LogP contribution in [0.5, 0.6) is 0 Å². The number of benzene rings is 1. The van der Waals surface area contributed by atoms with Crippen LogP contribution in [0.2, 0.25) is 0 Å². The molecule has 1 aliphatic carbocycles. The van der Waals surface area contributed by atoms with Gasteiger partial charge < -0.3 is 5.32 Å². The Labute approximate surface area is 119 Å². The third kappa shape index (κ3) is 3.52. The molecule has 1 aromatic carbocycles. The Morgan fingerprint density at radius 1 is 1.48 bits per heavy atom. The first-order valence-electron chi connectivity index (χ1n) is 5.99. The normalized spacial score (nSPS) is 14.8. The first-order valence-corrected chi connectivity index (χ1v) is 7.53. The van der Waals surface area contributed by atoms with Crippen molar-refractivity contribution in [2.24, 2.45) is 11.1 Å². The minimum Gasteiger partial charge on any atom is -0.352 e. The van der Waals surface area contributed by atoms with Gasteiger partial charge in [-0.05, 0) is 24.8 Å². The summed E-state index contributed by atoms with van der Waals surface area (Å²) in [5.41, 5.74) is -1.44. The van der Waals surface area contributed by atoms with Crippen LogP contribution in [0, 0.1) is 21.8 Å². The number of rotatable bonds is 5. The summed E-state index contributed by atoms with van der Waals surface area (Å²) in [4.78, 5) is 20.4. The third-order valence-corrected chi connectivity index (χ3v) is 3.94. The number of carbonyl (C=O) groups excluding carboxylic acids is 1. The van der Waals surface area contributed by atoms with Gasteiger partial charge in [-0.25, -0.2) is 13.6 Å². The van der Waals surface area contributed by atoms with Gasteiger partial charge in [-0.2, -0.15) is 4.39 Å². The van der Waals surface area contributed by atoms with E-state index >= 15 is 0 Å². The average Bonchev–Trinajstić information content (AvgIpc) is 3.18. The molecule has 21 heavy (non-hydrogen) atoms. The smallest absolute Gasteiger partial charge is 0.307 e. The molecule has 0 radical (unpaired) electrons. The van der Waals surface area contributed by atoms with Crippen molar-refractivity contribution < 1.29 is 22.5 Å². The molecular weight excluding hydrogens is 305 g/mol. The first-order chi connectivity index (χ1) is 9.70. The highest BCUT2D eigenvalue weighted by atomic mass is 32.2. The summed E-state index contributed by atoms with van der Waals surface area (Å²) in [6, 6.07) is 1.38. The number of nitrogens with two attached hydrogens (primary N) is 1. The van der Waals surface area contributed by atoms with Crippen LogP contribution in [-0.4, -0.2) is 25.8 Å².